The van der Waals surface area contributed by atoms with Crippen LogP contribution in [0.4, 0.5) is 11.6 Å². The number of thiophene rings is 1. The van der Waals surface area contributed by atoms with Gasteiger partial charge in [-0.25, -0.2) is 13.1 Å². The van der Waals surface area contributed by atoms with Crippen LogP contribution in [0.1, 0.15) is 50.1 Å². The predicted molar refractivity (Wildman–Crippen MR) is 125 cm³/mol. The predicted octanol–water partition coefficient (Wildman–Crippen LogP) is 4.39. The van der Waals surface area contributed by atoms with E-state index in [9.17, 15) is 18.0 Å². The zero-order chi connectivity index (χ0) is 24.5. The molecule has 0 spiro atoms. The molecule has 0 saturated heterocycles. The van der Waals surface area contributed by atoms with E-state index in [-0.39, 0.29) is 22.3 Å². The second-order valence-electron chi connectivity index (χ2n) is 7.66. The van der Waals surface area contributed by atoms with Crippen molar-refractivity contribution in [1.29, 1.82) is 0 Å². The van der Waals surface area contributed by atoms with Crippen LogP contribution in [0.3, 0.4) is 0 Å². The Hall–Kier alpha value is -3.18. The number of sulfonamides is 1. The lowest BCUT2D eigenvalue weighted by Gasteiger charge is -2.18. The summed E-state index contributed by atoms with van der Waals surface area (Å²) in [5, 5.41) is 8.11. The Morgan fingerprint density at radius 1 is 1.12 bits per heavy atom. The molecule has 0 aliphatic carbocycles. The molecule has 2 N–H and O–H groups in total. The van der Waals surface area contributed by atoms with Gasteiger partial charge in [-0.1, -0.05) is 11.2 Å². The van der Waals surface area contributed by atoms with E-state index in [4.69, 9.17) is 9.26 Å². The molecule has 0 aliphatic heterocycles. The smallest absolute Gasteiger partial charge is 0.302 e. The number of hydrogen-bond donors (Lipinski definition) is 2. The maximum Gasteiger partial charge on any atom is 0.302 e. The largest absolute Gasteiger partial charge is 0.461 e. The van der Waals surface area contributed by atoms with Crippen molar-refractivity contribution in [3.05, 3.63) is 55.9 Å². The number of nitrogens with one attached hydrogen (secondary N) is 2. The van der Waals surface area contributed by atoms with Crippen LogP contribution in [0.15, 0.2) is 26.9 Å². The van der Waals surface area contributed by atoms with E-state index in [0.29, 0.717) is 16.9 Å². The second-order valence-corrected chi connectivity index (χ2v) is 10.2. The summed E-state index contributed by atoms with van der Waals surface area (Å²) in [6, 6.07) is 3.24. The zero-order valence-electron chi connectivity index (χ0n) is 19.2. The summed E-state index contributed by atoms with van der Waals surface area (Å²) in [6.45, 7) is 10.3. The summed E-state index contributed by atoms with van der Waals surface area (Å²) < 4.78 is 38.5. The third-order valence-corrected chi connectivity index (χ3v) is 7.71. The first-order chi connectivity index (χ1) is 15.4. The number of nitrogens with zero attached hydrogens (tertiary/aromatic N) is 1. The first kappa shape index (κ1) is 24.5. The maximum absolute atomic E-state index is 13.1. The van der Waals surface area contributed by atoms with Crippen LogP contribution >= 0.6 is 11.3 Å². The molecule has 2 aromatic heterocycles. The van der Waals surface area contributed by atoms with Crippen molar-refractivity contribution < 1.29 is 27.3 Å². The Balaban J connectivity index is 1.91. The van der Waals surface area contributed by atoms with Crippen LogP contribution < -0.4 is 10.0 Å². The Bertz CT molecular complexity index is 1340. The van der Waals surface area contributed by atoms with Crippen molar-refractivity contribution in [3.63, 3.8) is 0 Å². The first-order valence-corrected chi connectivity index (χ1v) is 12.4. The molecule has 176 valence electrons. The highest BCUT2D eigenvalue weighted by atomic mass is 32.2. The summed E-state index contributed by atoms with van der Waals surface area (Å²) in [5.41, 5.74) is 4.91. The summed E-state index contributed by atoms with van der Waals surface area (Å²) >= 11 is 1.01. The number of carbonyl (C=O) groups is 2. The molecule has 3 rings (SSSR count). The monoisotopic (exact) mass is 491 g/mol. The van der Waals surface area contributed by atoms with E-state index in [1.54, 1.807) is 13.8 Å². The third kappa shape index (κ3) is 5.09. The van der Waals surface area contributed by atoms with Crippen molar-refractivity contribution >= 4 is 44.8 Å². The van der Waals surface area contributed by atoms with Gasteiger partial charge in [-0.3, -0.25) is 9.59 Å². The minimum atomic E-state index is -4.09. The van der Waals surface area contributed by atoms with Gasteiger partial charge in [-0.05, 0) is 68.3 Å². The molecular weight excluding hydrogens is 466 g/mol. The van der Waals surface area contributed by atoms with Crippen molar-refractivity contribution in [2.45, 2.75) is 53.0 Å². The number of carbonyl (C=O) groups excluding carboxylic acids is 2. The van der Waals surface area contributed by atoms with Gasteiger partial charge in [0.05, 0.1) is 5.69 Å². The van der Waals surface area contributed by atoms with Gasteiger partial charge in [0.2, 0.25) is 5.88 Å². The quantitative estimate of drug-likeness (QED) is 0.469. The fourth-order valence-electron chi connectivity index (χ4n) is 3.35. The molecule has 0 unspecified atom stereocenters. The molecule has 9 nitrogen and oxygen atoms in total. The molecule has 0 atom stereocenters. The fraction of sp³-hybridized carbons (Fsp3) is 0.318. The normalized spacial score (nSPS) is 11.3. The highest BCUT2D eigenvalue weighted by Crippen LogP contribution is 2.31. The topological polar surface area (TPSA) is 128 Å². The van der Waals surface area contributed by atoms with Gasteiger partial charge < -0.3 is 14.6 Å². The highest BCUT2D eigenvalue weighted by molar-refractivity contribution is 7.93. The molecule has 3 aromatic rings. The minimum Gasteiger partial charge on any atom is -0.461 e. The summed E-state index contributed by atoms with van der Waals surface area (Å²) in [7, 11) is -4.09. The number of aromatic nitrogens is 1. The number of aryl methyl sites for hydroxylation is 3. The molecule has 0 fully saturated rings. The number of esters is 1. The fourth-order valence-corrected chi connectivity index (χ4v) is 5.72. The molecule has 11 heteroatoms. The third-order valence-electron chi connectivity index (χ3n) is 5.30. The van der Waals surface area contributed by atoms with Crippen LogP contribution in [0.2, 0.25) is 0 Å². The lowest BCUT2D eigenvalue weighted by atomic mass is 9.97. The van der Waals surface area contributed by atoms with E-state index in [0.717, 1.165) is 33.6 Å². The van der Waals surface area contributed by atoms with Crippen molar-refractivity contribution in [2.24, 2.45) is 0 Å². The van der Waals surface area contributed by atoms with Gasteiger partial charge in [0.15, 0.2) is 0 Å². The zero-order valence-corrected chi connectivity index (χ0v) is 20.8. The lowest BCUT2D eigenvalue weighted by Crippen LogP contribution is -2.19. The Morgan fingerprint density at radius 2 is 1.82 bits per heavy atom. The van der Waals surface area contributed by atoms with E-state index >= 15 is 0 Å². The van der Waals surface area contributed by atoms with Gasteiger partial charge in [-0.2, -0.15) is 0 Å². The van der Waals surface area contributed by atoms with E-state index in [2.05, 4.69) is 15.2 Å². The number of rotatable bonds is 7. The Labute approximate surface area is 196 Å². The summed E-state index contributed by atoms with van der Waals surface area (Å²) in [6.07, 6.45) is 0. The van der Waals surface area contributed by atoms with Crippen LogP contribution in [0.25, 0.3) is 0 Å². The van der Waals surface area contributed by atoms with Crippen LogP contribution in [0.5, 0.6) is 0 Å². The van der Waals surface area contributed by atoms with Gasteiger partial charge in [0.25, 0.3) is 15.9 Å². The van der Waals surface area contributed by atoms with E-state index in [1.165, 1.54) is 18.4 Å². The maximum atomic E-state index is 13.1. The number of amides is 1. The SMILES string of the molecule is CC(=O)OCc1c(C)cc(C)c(NC(=O)c2sccc2S(=O)(=O)Nc2onc(C)c2C)c1C. The van der Waals surface area contributed by atoms with Crippen LogP contribution in [-0.4, -0.2) is 25.5 Å². The molecule has 1 aromatic carbocycles. The first-order valence-electron chi connectivity index (χ1n) is 10.00. The van der Waals surface area contributed by atoms with Gasteiger partial charge in [0, 0.05) is 18.2 Å². The average Bonchev–Trinajstić information content (AvgIpc) is 3.34. The van der Waals surface area contributed by atoms with Crippen molar-refractivity contribution in [3.8, 4) is 0 Å². The van der Waals surface area contributed by atoms with Gasteiger partial charge in [0.1, 0.15) is 16.4 Å². The Kier molecular flexibility index (Phi) is 6.94. The number of anilines is 2. The van der Waals surface area contributed by atoms with Crippen LogP contribution in [0, 0.1) is 34.6 Å². The Morgan fingerprint density at radius 3 is 2.42 bits per heavy atom. The van der Waals surface area contributed by atoms with E-state index in [1.807, 2.05) is 26.8 Å². The van der Waals surface area contributed by atoms with Gasteiger partial charge >= 0.3 is 5.97 Å². The van der Waals surface area contributed by atoms with Crippen molar-refractivity contribution in [2.75, 3.05) is 10.0 Å². The minimum absolute atomic E-state index is 0.00500. The summed E-state index contributed by atoms with van der Waals surface area (Å²) in [5.74, 6) is -0.965. The molecular formula is C22H25N3O6S2. The number of hydrogen-bond acceptors (Lipinski definition) is 8. The molecule has 0 aliphatic rings. The number of ether oxygens (including phenoxy) is 1. The van der Waals surface area contributed by atoms with E-state index < -0.39 is 21.9 Å². The lowest BCUT2D eigenvalue weighted by molar-refractivity contribution is -0.142. The molecule has 0 radical (unpaired) electrons. The molecule has 0 bridgehead atoms. The molecule has 2 heterocycles. The highest BCUT2D eigenvalue weighted by Gasteiger charge is 2.27. The summed E-state index contributed by atoms with van der Waals surface area (Å²) in [4.78, 5) is 24.2. The van der Waals surface area contributed by atoms with Crippen molar-refractivity contribution in [1.82, 2.24) is 5.16 Å². The molecule has 33 heavy (non-hydrogen) atoms. The second kappa shape index (κ2) is 9.36. The molecule has 0 saturated carbocycles. The van der Waals surface area contributed by atoms with Crippen LogP contribution in [-0.2, 0) is 26.2 Å². The number of benzene rings is 1. The average molecular weight is 492 g/mol. The molecule has 1 amide bonds. The van der Waals surface area contributed by atoms with Gasteiger partial charge in [-0.15, -0.1) is 11.3 Å². The standard InChI is InChI=1S/C22H25N3O6S2/c1-11-9-12(2)19(14(4)17(11)10-30-16(6)26)23-21(27)20-18(7-8-32-20)33(28,29)25-22-13(3)15(5)24-31-22/h7-9,25H,10H2,1-6H3,(H,23,27).